The predicted molar refractivity (Wildman–Crippen MR) is 128 cm³/mol. The van der Waals surface area contributed by atoms with Crippen LogP contribution in [0.3, 0.4) is 0 Å². The molecule has 4 rings (SSSR count). The van der Waals surface area contributed by atoms with E-state index in [9.17, 15) is 4.79 Å². The first kappa shape index (κ1) is 22.4. The summed E-state index contributed by atoms with van der Waals surface area (Å²) in [6, 6.07) is 13.9. The van der Waals surface area contributed by atoms with E-state index in [1.807, 2.05) is 24.3 Å². The number of hydrogen-bond acceptors (Lipinski definition) is 8. The quantitative estimate of drug-likeness (QED) is 0.447. The molecule has 1 aliphatic heterocycles. The summed E-state index contributed by atoms with van der Waals surface area (Å²) < 4.78 is 12.3. The number of ether oxygens (including phenoxy) is 2. The van der Waals surface area contributed by atoms with Gasteiger partial charge in [-0.1, -0.05) is 67.3 Å². The summed E-state index contributed by atoms with van der Waals surface area (Å²) in [5.74, 6) is 1.63. The van der Waals surface area contributed by atoms with Crippen LogP contribution in [0.4, 0.5) is 10.8 Å². The van der Waals surface area contributed by atoms with Crippen molar-refractivity contribution in [2.24, 2.45) is 0 Å². The van der Waals surface area contributed by atoms with Gasteiger partial charge in [0.15, 0.2) is 15.8 Å². The van der Waals surface area contributed by atoms with Gasteiger partial charge in [0, 0.05) is 5.69 Å². The van der Waals surface area contributed by atoms with E-state index in [2.05, 4.69) is 52.9 Å². The molecule has 1 amide bonds. The average molecular weight is 471 g/mol. The normalized spacial score (nSPS) is 14.8. The van der Waals surface area contributed by atoms with Crippen molar-refractivity contribution in [3.8, 4) is 11.5 Å². The van der Waals surface area contributed by atoms with Crippen LogP contribution in [0.1, 0.15) is 25.0 Å². The second kappa shape index (κ2) is 10.7. The molecule has 1 atom stereocenters. The molecular weight excluding hydrogens is 444 g/mol. The minimum atomic E-state index is -0.206. The molecule has 7 nitrogen and oxygen atoms in total. The molecule has 2 N–H and O–H groups in total. The van der Waals surface area contributed by atoms with Crippen LogP contribution < -0.4 is 20.1 Å². The molecule has 1 aliphatic rings. The molecule has 0 bridgehead atoms. The fourth-order valence-electron chi connectivity index (χ4n) is 3.40. The third kappa shape index (κ3) is 5.52. The summed E-state index contributed by atoms with van der Waals surface area (Å²) >= 11 is 2.83. The van der Waals surface area contributed by atoms with E-state index < -0.39 is 0 Å². The van der Waals surface area contributed by atoms with Crippen LogP contribution in [0.25, 0.3) is 0 Å². The van der Waals surface area contributed by atoms with Crippen molar-refractivity contribution >= 4 is 39.8 Å². The van der Waals surface area contributed by atoms with Crippen LogP contribution in [-0.2, 0) is 17.6 Å². The van der Waals surface area contributed by atoms with Gasteiger partial charge in [-0.05, 0) is 36.1 Å². The molecule has 9 heteroatoms. The first-order valence-corrected chi connectivity index (χ1v) is 12.5. The second-order valence-electron chi connectivity index (χ2n) is 7.25. The van der Waals surface area contributed by atoms with Crippen LogP contribution in [0.2, 0.25) is 0 Å². The van der Waals surface area contributed by atoms with Crippen molar-refractivity contribution < 1.29 is 14.3 Å². The van der Waals surface area contributed by atoms with Crippen LogP contribution >= 0.6 is 23.1 Å². The predicted octanol–water partition coefficient (Wildman–Crippen LogP) is 4.45. The van der Waals surface area contributed by atoms with Gasteiger partial charge in [0.2, 0.25) is 11.0 Å². The molecule has 1 aromatic heterocycles. The van der Waals surface area contributed by atoms with Crippen LogP contribution in [0.5, 0.6) is 11.5 Å². The Balaban J connectivity index is 1.25. The molecule has 2 heterocycles. The number of carbonyl (C=O) groups is 1. The molecule has 32 heavy (non-hydrogen) atoms. The summed E-state index contributed by atoms with van der Waals surface area (Å²) in [5, 5.41) is 15.5. The van der Waals surface area contributed by atoms with E-state index in [-0.39, 0.29) is 17.8 Å². The Bertz CT molecular complexity index is 1050. The highest BCUT2D eigenvalue weighted by atomic mass is 32.2. The number of hydrogen-bond donors (Lipinski definition) is 2. The number of rotatable bonds is 9. The molecule has 0 fully saturated rings. The Labute approximate surface area is 195 Å². The van der Waals surface area contributed by atoms with Gasteiger partial charge in [0.05, 0.1) is 12.3 Å². The maximum atomic E-state index is 12.3. The Morgan fingerprint density at radius 2 is 1.84 bits per heavy atom. The first-order valence-electron chi connectivity index (χ1n) is 10.7. The number of para-hydroxylation sites is 3. The maximum Gasteiger partial charge on any atom is 0.230 e. The van der Waals surface area contributed by atoms with Crippen molar-refractivity contribution in [1.82, 2.24) is 15.5 Å². The average Bonchev–Trinajstić information content (AvgIpc) is 3.28. The first-order chi connectivity index (χ1) is 15.7. The Kier molecular flexibility index (Phi) is 7.49. The third-order valence-electron chi connectivity index (χ3n) is 5.06. The summed E-state index contributed by atoms with van der Waals surface area (Å²) in [6.45, 7) is 5.09. The minimum Gasteiger partial charge on any atom is -0.486 e. The Hall–Kier alpha value is -2.78. The zero-order valence-electron chi connectivity index (χ0n) is 18.1. The van der Waals surface area contributed by atoms with Gasteiger partial charge in [-0.15, -0.1) is 10.2 Å². The lowest BCUT2D eigenvalue weighted by molar-refractivity contribution is -0.119. The largest absolute Gasteiger partial charge is 0.486 e. The number of carbonyl (C=O) groups excluding carboxylic acids is 1. The molecule has 0 saturated carbocycles. The number of fused-ring (bicyclic) bond motifs is 1. The van der Waals surface area contributed by atoms with Crippen molar-refractivity contribution in [2.45, 2.75) is 37.1 Å². The highest BCUT2D eigenvalue weighted by molar-refractivity contribution is 8.01. The summed E-state index contributed by atoms with van der Waals surface area (Å²) in [7, 11) is 0. The monoisotopic (exact) mass is 470 g/mol. The number of aromatic nitrogens is 2. The summed E-state index contributed by atoms with van der Waals surface area (Å²) in [6.07, 6.45) is 1.68. The van der Waals surface area contributed by atoms with Gasteiger partial charge >= 0.3 is 0 Å². The van der Waals surface area contributed by atoms with Gasteiger partial charge in [0.25, 0.3) is 0 Å². The fourth-order valence-corrected chi connectivity index (χ4v) is 4.98. The van der Waals surface area contributed by atoms with Gasteiger partial charge in [-0.25, -0.2) is 0 Å². The van der Waals surface area contributed by atoms with Crippen molar-refractivity contribution in [2.75, 3.05) is 24.2 Å². The standard InChI is InChI=1S/C23H26N4O3S2/c1-3-15-8-7-9-16(4-2)21(15)25-22-26-27-23(32-22)31-14-20(28)24-12-17-13-29-18-10-5-6-11-19(18)30-17/h5-11,17H,3-4,12-14H2,1-2H3,(H,24,28)(H,25,26). The number of thioether (sulfide) groups is 1. The molecular formula is C23H26N4O3S2. The van der Waals surface area contributed by atoms with Crippen molar-refractivity contribution in [3.05, 3.63) is 53.6 Å². The highest BCUT2D eigenvalue weighted by Gasteiger charge is 2.21. The van der Waals surface area contributed by atoms with E-state index in [0.29, 0.717) is 18.9 Å². The number of benzene rings is 2. The zero-order valence-corrected chi connectivity index (χ0v) is 19.7. The molecule has 0 saturated heterocycles. The van der Waals surface area contributed by atoms with Gasteiger partial charge in [-0.3, -0.25) is 4.79 Å². The highest BCUT2D eigenvalue weighted by Crippen LogP contribution is 2.32. The summed E-state index contributed by atoms with van der Waals surface area (Å²) in [4.78, 5) is 12.3. The van der Waals surface area contributed by atoms with Gasteiger partial charge in [-0.2, -0.15) is 0 Å². The number of nitrogens with one attached hydrogen (secondary N) is 2. The lowest BCUT2D eigenvalue weighted by atomic mass is 10.0. The summed E-state index contributed by atoms with van der Waals surface area (Å²) in [5.41, 5.74) is 3.62. The molecule has 0 spiro atoms. The number of amides is 1. The third-order valence-corrected chi connectivity index (χ3v) is 7.03. The maximum absolute atomic E-state index is 12.3. The second-order valence-corrected chi connectivity index (χ2v) is 9.45. The van der Waals surface area contributed by atoms with Crippen LogP contribution in [-0.4, -0.2) is 41.1 Å². The van der Waals surface area contributed by atoms with E-state index >= 15 is 0 Å². The fraction of sp³-hybridized carbons (Fsp3) is 0.348. The van der Waals surface area contributed by atoms with Crippen molar-refractivity contribution in [1.29, 1.82) is 0 Å². The lowest BCUT2D eigenvalue weighted by Crippen LogP contribution is -2.41. The van der Waals surface area contributed by atoms with Crippen molar-refractivity contribution in [3.63, 3.8) is 0 Å². The molecule has 3 aromatic rings. The van der Waals surface area contributed by atoms with Crippen LogP contribution in [0.15, 0.2) is 46.8 Å². The van der Waals surface area contributed by atoms with E-state index in [0.717, 1.165) is 33.7 Å². The van der Waals surface area contributed by atoms with E-state index in [1.54, 1.807) is 0 Å². The van der Waals surface area contributed by atoms with Crippen LogP contribution in [0, 0.1) is 0 Å². The molecule has 168 valence electrons. The number of anilines is 2. The molecule has 1 unspecified atom stereocenters. The smallest absolute Gasteiger partial charge is 0.230 e. The Morgan fingerprint density at radius 3 is 2.59 bits per heavy atom. The minimum absolute atomic E-state index is 0.0771. The Morgan fingerprint density at radius 1 is 1.09 bits per heavy atom. The topological polar surface area (TPSA) is 85.4 Å². The number of nitrogens with zero attached hydrogens (tertiary/aromatic N) is 2. The number of aryl methyl sites for hydroxylation is 2. The van der Waals surface area contributed by atoms with Gasteiger partial charge < -0.3 is 20.1 Å². The molecule has 0 radical (unpaired) electrons. The van der Waals surface area contributed by atoms with Gasteiger partial charge in [0.1, 0.15) is 12.7 Å². The van der Waals surface area contributed by atoms with E-state index in [1.165, 1.54) is 34.2 Å². The zero-order chi connectivity index (χ0) is 22.3. The van der Waals surface area contributed by atoms with E-state index in [4.69, 9.17) is 9.47 Å². The molecule has 2 aromatic carbocycles. The molecule has 0 aliphatic carbocycles. The lowest BCUT2D eigenvalue weighted by Gasteiger charge is -2.26. The SMILES string of the molecule is CCc1cccc(CC)c1Nc1nnc(SCC(=O)NCC2COc3ccccc3O2)s1.